The van der Waals surface area contributed by atoms with E-state index in [1.165, 1.54) is 150 Å². The summed E-state index contributed by atoms with van der Waals surface area (Å²) in [6.45, 7) is 4.72. The van der Waals surface area contributed by atoms with Gasteiger partial charge in [-0.2, -0.15) is 0 Å². The minimum atomic E-state index is 0.0396. The van der Waals surface area contributed by atoms with Crippen LogP contribution in [0.3, 0.4) is 0 Å². The monoisotopic (exact) mass is 733 g/mol. The maximum absolute atomic E-state index is 2.57. The highest BCUT2D eigenvalue weighted by Gasteiger charge is 2.42. The SMILES string of the molecule is CCCC1(CCC)c2ccccc2-c2ccc(N(c3cccc(-c4cccc(-c5ccc(C6CCCCC6)cc5)c4)c3)c3cccc(C4CCCCC4)c3)cc21. The molecular weight excluding hydrogens is 675 g/mol. The average Bonchev–Trinajstić information content (AvgIpc) is 3.53. The van der Waals surface area contributed by atoms with E-state index in [9.17, 15) is 0 Å². The van der Waals surface area contributed by atoms with Crippen molar-refractivity contribution in [3.63, 3.8) is 0 Å². The van der Waals surface area contributed by atoms with E-state index in [0.717, 1.165) is 18.8 Å². The first-order chi connectivity index (χ1) is 27.6. The molecule has 1 nitrogen and oxygen atoms in total. The molecule has 1 heteroatoms. The van der Waals surface area contributed by atoms with Gasteiger partial charge < -0.3 is 4.90 Å². The van der Waals surface area contributed by atoms with Crippen LogP contribution in [0.1, 0.15) is 138 Å². The van der Waals surface area contributed by atoms with Crippen molar-refractivity contribution >= 4 is 17.1 Å². The van der Waals surface area contributed by atoms with Crippen LogP contribution in [0.4, 0.5) is 17.1 Å². The Bertz CT molecular complexity index is 2260. The van der Waals surface area contributed by atoms with E-state index in [-0.39, 0.29) is 5.41 Å². The Morgan fingerprint density at radius 3 is 1.68 bits per heavy atom. The third-order valence-corrected chi connectivity index (χ3v) is 13.7. The molecule has 0 aromatic heterocycles. The number of hydrogen-bond acceptors (Lipinski definition) is 1. The fraction of sp³-hybridized carbons (Fsp3) is 0.345. The van der Waals surface area contributed by atoms with Crippen LogP contribution in [0, 0.1) is 0 Å². The average molecular weight is 734 g/mol. The van der Waals surface area contributed by atoms with Gasteiger partial charge in [-0.1, -0.05) is 162 Å². The number of rotatable bonds is 11. The van der Waals surface area contributed by atoms with Gasteiger partial charge in [-0.25, -0.2) is 0 Å². The van der Waals surface area contributed by atoms with Gasteiger partial charge in [0.1, 0.15) is 0 Å². The van der Waals surface area contributed by atoms with Crippen LogP contribution in [0.25, 0.3) is 33.4 Å². The highest BCUT2D eigenvalue weighted by atomic mass is 15.1. The van der Waals surface area contributed by atoms with Crippen LogP contribution in [-0.2, 0) is 5.41 Å². The molecule has 3 aliphatic carbocycles. The number of benzene rings is 6. The highest BCUT2D eigenvalue weighted by Crippen LogP contribution is 2.55. The second-order valence-electron chi connectivity index (χ2n) is 17.2. The second kappa shape index (κ2) is 16.3. The predicted octanol–water partition coefficient (Wildman–Crippen LogP) is 16.5. The summed E-state index contributed by atoms with van der Waals surface area (Å²) < 4.78 is 0. The molecule has 0 N–H and O–H groups in total. The summed E-state index contributed by atoms with van der Waals surface area (Å²) in [6.07, 6.45) is 18.1. The smallest absolute Gasteiger partial charge is 0.0467 e. The molecule has 0 aliphatic heterocycles. The molecule has 0 amide bonds. The lowest BCUT2D eigenvalue weighted by Gasteiger charge is -2.33. The van der Waals surface area contributed by atoms with Gasteiger partial charge in [0.2, 0.25) is 0 Å². The molecule has 0 heterocycles. The normalized spacial score (nSPS) is 16.7. The molecule has 9 rings (SSSR count). The van der Waals surface area contributed by atoms with Crippen molar-refractivity contribution in [1.29, 1.82) is 0 Å². The molecule has 6 aromatic rings. The summed E-state index contributed by atoms with van der Waals surface area (Å²) in [5.74, 6) is 1.38. The molecule has 56 heavy (non-hydrogen) atoms. The molecule has 0 bridgehead atoms. The second-order valence-corrected chi connectivity index (χ2v) is 17.2. The van der Waals surface area contributed by atoms with Gasteiger partial charge >= 0.3 is 0 Å². The molecule has 6 aromatic carbocycles. The predicted molar refractivity (Wildman–Crippen MR) is 240 cm³/mol. The first-order valence-electron chi connectivity index (χ1n) is 22.1. The van der Waals surface area contributed by atoms with E-state index >= 15 is 0 Å². The maximum atomic E-state index is 2.57. The van der Waals surface area contributed by atoms with Crippen LogP contribution in [-0.4, -0.2) is 0 Å². The molecule has 0 radical (unpaired) electrons. The zero-order valence-corrected chi connectivity index (χ0v) is 33.8. The molecule has 0 spiro atoms. The summed E-state index contributed by atoms with van der Waals surface area (Å²) in [5, 5.41) is 0. The van der Waals surface area contributed by atoms with E-state index in [0.29, 0.717) is 5.92 Å². The summed E-state index contributed by atoms with van der Waals surface area (Å²) in [6, 6.07) is 54.1. The van der Waals surface area contributed by atoms with Gasteiger partial charge in [-0.05, 0) is 148 Å². The van der Waals surface area contributed by atoms with Crippen LogP contribution in [0.15, 0.2) is 140 Å². The van der Waals surface area contributed by atoms with E-state index in [1.54, 1.807) is 0 Å². The molecule has 2 saturated carbocycles. The summed E-state index contributed by atoms with van der Waals surface area (Å²) in [5.41, 5.74) is 17.7. The van der Waals surface area contributed by atoms with E-state index < -0.39 is 0 Å². The topological polar surface area (TPSA) is 3.24 Å². The molecule has 284 valence electrons. The summed E-state index contributed by atoms with van der Waals surface area (Å²) >= 11 is 0. The van der Waals surface area contributed by atoms with Crippen LogP contribution >= 0.6 is 0 Å². The largest absolute Gasteiger partial charge is 0.310 e. The van der Waals surface area contributed by atoms with Crippen molar-refractivity contribution in [3.8, 4) is 33.4 Å². The number of hydrogen-bond donors (Lipinski definition) is 0. The third kappa shape index (κ3) is 7.04. The standard InChI is InChI=1S/C55H59N/c1-3-34-55(35-4-2)53-27-12-11-26-51(53)52-33-32-50(39-54(52)55)56(48-24-14-22-46(37-48)41-18-9-6-10-19-41)49-25-15-23-47(38-49)45-21-13-20-44(36-45)43-30-28-42(29-31-43)40-16-7-5-8-17-40/h11-15,20-33,36-41H,3-10,16-19,34-35H2,1-2H3. The molecule has 0 saturated heterocycles. The molecule has 0 atom stereocenters. The minimum absolute atomic E-state index is 0.0396. The lowest BCUT2D eigenvalue weighted by atomic mass is 9.71. The van der Waals surface area contributed by atoms with E-state index in [2.05, 4.69) is 158 Å². The first-order valence-corrected chi connectivity index (χ1v) is 22.1. The molecule has 0 unspecified atom stereocenters. The number of fused-ring (bicyclic) bond motifs is 3. The Labute approximate surface area is 336 Å². The van der Waals surface area contributed by atoms with E-state index in [1.807, 2.05) is 0 Å². The van der Waals surface area contributed by atoms with Crippen molar-refractivity contribution in [2.75, 3.05) is 4.90 Å². The zero-order chi connectivity index (χ0) is 37.9. The fourth-order valence-electron chi connectivity index (χ4n) is 11.0. The van der Waals surface area contributed by atoms with Gasteiger partial charge in [0, 0.05) is 22.5 Å². The maximum Gasteiger partial charge on any atom is 0.0467 e. The van der Waals surface area contributed by atoms with Crippen molar-refractivity contribution in [2.24, 2.45) is 0 Å². The zero-order valence-electron chi connectivity index (χ0n) is 33.8. The molecule has 2 fully saturated rings. The Morgan fingerprint density at radius 1 is 0.429 bits per heavy atom. The van der Waals surface area contributed by atoms with Gasteiger partial charge in [-0.3, -0.25) is 0 Å². The Morgan fingerprint density at radius 2 is 0.982 bits per heavy atom. The molecule has 3 aliphatic rings. The van der Waals surface area contributed by atoms with Crippen LogP contribution < -0.4 is 4.90 Å². The third-order valence-electron chi connectivity index (χ3n) is 13.7. The number of anilines is 3. The van der Waals surface area contributed by atoms with Crippen LogP contribution in [0.2, 0.25) is 0 Å². The lowest BCUT2D eigenvalue weighted by Crippen LogP contribution is -2.25. The minimum Gasteiger partial charge on any atom is -0.310 e. The summed E-state index contributed by atoms with van der Waals surface area (Å²) in [4.78, 5) is 2.55. The van der Waals surface area contributed by atoms with Crippen molar-refractivity contribution in [2.45, 2.75) is 121 Å². The van der Waals surface area contributed by atoms with Gasteiger partial charge in [0.05, 0.1) is 0 Å². The molecular formula is C55H59N. The van der Waals surface area contributed by atoms with Crippen LogP contribution in [0.5, 0.6) is 0 Å². The van der Waals surface area contributed by atoms with Crippen molar-refractivity contribution < 1.29 is 0 Å². The summed E-state index contributed by atoms with van der Waals surface area (Å²) in [7, 11) is 0. The van der Waals surface area contributed by atoms with Crippen molar-refractivity contribution in [3.05, 3.63) is 162 Å². The van der Waals surface area contributed by atoms with Gasteiger partial charge in [0.15, 0.2) is 0 Å². The highest BCUT2D eigenvalue weighted by molar-refractivity contribution is 5.87. The number of nitrogens with zero attached hydrogens (tertiary/aromatic N) is 1. The van der Waals surface area contributed by atoms with Crippen molar-refractivity contribution in [1.82, 2.24) is 0 Å². The Kier molecular flexibility index (Phi) is 10.7. The van der Waals surface area contributed by atoms with Gasteiger partial charge in [-0.15, -0.1) is 0 Å². The quantitative estimate of drug-likeness (QED) is 0.128. The van der Waals surface area contributed by atoms with Gasteiger partial charge in [0.25, 0.3) is 0 Å². The Balaban J connectivity index is 1.13. The Hall–Kier alpha value is -4.88. The lowest BCUT2D eigenvalue weighted by molar-refractivity contribution is 0.436. The van der Waals surface area contributed by atoms with E-state index in [4.69, 9.17) is 0 Å². The fourth-order valence-corrected chi connectivity index (χ4v) is 11.0. The first kappa shape index (κ1) is 36.7.